The highest BCUT2D eigenvalue weighted by atomic mass is 19.4. The molecule has 4 aromatic rings. The molecule has 1 atom stereocenters. The average Bonchev–Trinajstić information content (AvgIpc) is 3.34. The molecule has 2 heterocycles. The predicted molar refractivity (Wildman–Crippen MR) is 119 cm³/mol. The van der Waals surface area contributed by atoms with Crippen LogP contribution in [-0.4, -0.2) is 37.2 Å². The molecular formula is C23H16F6N6O3. The van der Waals surface area contributed by atoms with E-state index in [-0.39, 0.29) is 11.3 Å². The zero-order valence-corrected chi connectivity index (χ0v) is 19.2. The van der Waals surface area contributed by atoms with Crippen LogP contribution in [0.15, 0.2) is 67.3 Å². The second-order valence-corrected chi connectivity index (χ2v) is 7.64. The Morgan fingerprint density at radius 3 is 2.13 bits per heavy atom. The first-order valence-electron chi connectivity index (χ1n) is 10.6. The van der Waals surface area contributed by atoms with E-state index in [0.717, 1.165) is 24.5 Å². The molecule has 2 aromatic carbocycles. The summed E-state index contributed by atoms with van der Waals surface area (Å²) in [5.41, 5.74) is 1.56. The van der Waals surface area contributed by atoms with E-state index in [1.54, 1.807) is 24.3 Å². The van der Waals surface area contributed by atoms with Gasteiger partial charge < -0.3 is 9.47 Å². The molecule has 0 fully saturated rings. The lowest BCUT2D eigenvalue weighted by Crippen LogP contribution is -2.17. The fourth-order valence-corrected chi connectivity index (χ4v) is 3.09. The largest absolute Gasteiger partial charge is 0.573 e. The molecule has 0 saturated heterocycles. The van der Waals surface area contributed by atoms with Crippen LogP contribution >= 0.6 is 0 Å². The van der Waals surface area contributed by atoms with Crippen molar-refractivity contribution < 1.29 is 40.6 Å². The zero-order chi connectivity index (χ0) is 27.5. The van der Waals surface area contributed by atoms with Gasteiger partial charge in [0.25, 0.3) is 0 Å². The quantitative estimate of drug-likeness (QED) is 0.303. The van der Waals surface area contributed by atoms with Gasteiger partial charge in [0.1, 0.15) is 18.2 Å². The van der Waals surface area contributed by atoms with Crippen molar-refractivity contribution in [1.29, 1.82) is 0 Å². The number of ether oxygens (including phenoxy) is 2. The number of hydrogen-bond acceptors (Lipinski definition) is 7. The molecule has 0 saturated carbocycles. The predicted octanol–water partition coefficient (Wildman–Crippen LogP) is 5.95. The summed E-state index contributed by atoms with van der Waals surface area (Å²) in [4.78, 5) is 22.8. The SMILES string of the molecule is CC(OC(=O)Nc1ccc(-c2ncn(-c3ccc(OC(F)(F)F)cc3)n2)cc1)c1cnc(C(F)(F)F)nc1. The molecule has 2 aromatic heterocycles. The van der Waals surface area contributed by atoms with E-state index >= 15 is 0 Å². The van der Waals surface area contributed by atoms with Crippen molar-refractivity contribution in [3.63, 3.8) is 0 Å². The van der Waals surface area contributed by atoms with Crippen LogP contribution in [0, 0.1) is 0 Å². The molecule has 0 aliphatic carbocycles. The molecular weight excluding hydrogens is 522 g/mol. The van der Waals surface area contributed by atoms with Gasteiger partial charge in [-0.1, -0.05) is 0 Å². The summed E-state index contributed by atoms with van der Waals surface area (Å²) in [7, 11) is 0. The number of nitrogens with zero attached hydrogens (tertiary/aromatic N) is 5. The third-order valence-corrected chi connectivity index (χ3v) is 4.89. The topological polar surface area (TPSA) is 104 Å². The molecule has 4 rings (SSSR count). The van der Waals surface area contributed by atoms with Crippen LogP contribution in [-0.2, 0) is 10.9 Å². The van der Waals surface area contributed by atoms with Gasteiger partial charge in [0.15, 0.2) is 5.82 Å². The minimum Gasteiger partial charge on any atom is -0.441 e. The number of halogens is 6. The van der Waals surface area contributed by atoms with Crippen molar-refractivity contribution in [2.75, 3.05) is 5.32 Å². The van der Waals surface area contributed by atoms with Crippen molar-refractivity contribution >= 4 is 11.8 Å². The first-order valence-corrected chi connectivity index (χ1v) is 10.6. The second-order valence-electron chi connectivity index (χ2n) is 7.64. The molecule has 9 nitrogen and oxygen atoms in total. The molecule has 0 aliphatic heterocycles. The Hall–Kier alpha value is -4.69. The Kier molecular flexibility index (Phi) is 7.19. The molecule has 38 heavy (non-hydrogen) atoms. The van der Waals surface area contributed by atoms with Crippen LogP contribution in [0.25, 0.3) is 17.1 Å². The summed E-state index contributed by atoms with van der Waals surface area (Å²) in [6.07, 6.45) is -8.01. The van der Waals surface area contributed by atoms with Gasteiger partial charge in [-0.25, -0.2) is 24.4 Å². The van der Waals surface area contributed by atoms with Crippen molar-refractivity contribution in [1.82, 2.24) is 24.7 Å². The number of anilines is 1. The summed E-state index contributed by atoms with van der Waals surface area (Å²) in [5.74, 6) is -1.36. The van der Waals surface area contributed by atoms with E-state index < -0.39 is 30.6 Å². The summed E-state index contributed by atoms with van der Waals surface area (Å²) in [6.45, 7) is 1.45. The number of amides is 1. The Bertz CT molecular complexity index is 1390. The van der Waals surface area contributed by atoms with Crippen molar-refractivity contribution in [2.45, 2.75) is 25.6 Å². The highest BCUT2D eigenvalue weighted by Crippen LogP contribution is 2.27. The Balaban J connectivity index is 1.35. The van der Waals surface area contributed by atoms with Gasteiger partial charge >= 0.3 is 18.6 Å². The lowest BCUT2D eigenvalue weighted by atomic mass is 10.2. The number of nitrogens with one attached hydrogen (secondary N) is 1. The first-order chi connectivity index (χ1) is 17.9. The minimum atomic E-state index is -4.79. The fraction of sp³-hybridized carbons (Fsp3) is 0.174. The lowest BCUT2D eigenvalue weighted by molar-refractivity contribution is -0.274. The normalized spacial score (nSPS) is 12.6. The molecule has 1 amide bonds. The summed E-state index contributed by atoms with van der Waals surface area (Å²) in [5, 5.41) is 6.78. The third-order valence-electron chi connectivity index (χ3n) is 4.89. The van der Waals surface area contributed by atoms with Crippen LogP contribution < -0.4 is 10.1 Å². The zero-order valence-electron chi connectivity index (χ0n) is 19.2. The van der Waals surface area contributed by atoms with E-state index in [1.807, 2.05) is 0 Å². The smallest absolute Gasteiger partial charge is 0.441 e. The molecule has 1 unspecified atom stereocenters. The molecule has 198 valence electrons. The van der Waals surface area contributed by atoms with Crippen LogP contribution in [0.5, 0.6) is 5.75 Å². The fourth-order valence-electron chi connectivity index (χ4n) is 3.09. The Morgan fingerprint density at radius 1 is 0.921 bits per heavy atom. The average molecular weight is 538 g/mol. The van der Waals surface area contributed by atoms with Gasteiger partial charge in [-0.15, -0.1) is 18.3 Å². The number of benzene rings is 2. The maximum absolute atomic E-state index is 12.6. The van der Waals surface area contributed by atoms with Crippen molar-refractivity contribution in [3.8, 4) is 22.8 Å². The highest BCUT2D eigenvalue weighted by molar-refractivity contribution is 5.85. The number of aromatic nitrogens is 5. The summed E-state index contributed by atoms with van der Waals surface area (Å²) >= 11 is 0. The molecule has 0 radical (unpaired) electrons. The number of carbonyl (C=O) groups excluding carboxylic acids is 1. The van der Waals surface area contributed by atoms with Gasteiger partial charge in [-0.05, 0) is 55.5 Å². The molecule has 1 N–H and O–H groups in total. The van der Waals surface area contributed by atoms with E-state index in [4.69, 9.17) is 4.74 Å². The van der Waals surface area contributed by atoms with Gasteiger partial charge in [0.2, 0.25) is 5.82 Å². The lowest BCUT2D eigenvalue weighted by Gasteiger charge is -2.14. The molecule has 0 aliphatic rings. The van der Waals surface area contributed by atoms with E-state index in [9.17, 15) is 31.1 Å². The van der Waals surface area contributed by atoms with Gasteiger partial charge in [0, 0.05) is 29.2 Å². The minimum absolute atomic E-state index is 0.174. The van der Waals surface area contributed by atoms with Gasteiger partial charge in [-0.2, -0.15) is 13.2 Å². The number of carbonyl (C=O) groups is 1. The van der Waals surface area contributed by atoms with E-state index in [2.05, 4.69) is 30.1 Å². The van der Waals surface area contributed by atoms with E-state index in [0.29, 0.717) is 22.8 Å². The number of alkyl halides is 6. The van der Waals surface area contributed by atoms with Gasteiger partial charge in [0.05, 0.1) is 5.69 Å². The maximum Gasteiger partial charge on any atom is 0.573 e. The monoisotopic (exact) mass is 538 g/mol. The van der Waals surface area contributed by atoms with Crippen LogP contribution in [0.4, 0.5) is 36.8 Å². The molecule has 0 spiro atoms. The molecule has 0 bridgehead atoms. The highest BCUT2D eigenvalue weighted by Gasteiger charge is 2.34. The Morgan fingerprint density at radius 2 is 1.55 bits per heavy atom. The summed E-state index contributed by atoms with van der Waals surface area (Å²) in [6, 6.07) is 11.4. The first kappa shape index (κ1) is 26.4. The molecule has 15 heteroatoms. The maximum atomic E-state index is 12.6. The second kappa shape index (κ2) is 10.4. The summed E-state index contributed by atoms with van der Waals surface area (Å²) < 4.78 is 85.0. The standard InChI is InChI=1S/C23H16F6N6O3/c1-13(15-10-30-20(31-11-15)22(24,25)26)37-21(36)33-16-4-2-14(3-5-16)19-32-12-35(34-19)17-6-8-18(9-7-17)38-23(27,28)29/h2-13H,1H3,(H,33,36). The van der Waals surface area contributed by atoms with Gasteiger partial charge in [-0.3, -0.25) is 5.32 Å². The van der Waals surface area contributed by atoms with E-state index in [1.165, 1.54) is 30.1 Å². The Labute approximate surface area is 210 Å². The van der Waals surface area contributed by atoms with Crippen LogP contribution in [0.3, 0.4) is 0 Å². The number of rotatable bonds is 6. The van der Waals surface area contributed by atoms with Crippen molar-refractivity contribution in [2.24, 2.45) is 0 Å². The van der Waals surface area contributed by atoms with Crippen LogP contribution in [0.1, 0.15) is 24.4 Å². The third kappa shape index (κ3) is 6.74. The van der Waals surface area contributed by atoms with Crippen LogP contribution in [0.2, 0.25) is 0 Å². The van der Waals surface area contributed by atoms with Crippen molar-refractivity contribution in [3.05, 3.63) is 78.6 Å². The number of hydrogen-bond donors (Lipinski definition) is 1.